The highest BCUT2D eigenvalue weighted by molar-refractivity contribution is 5.23. The second-order valence-electron chi connectivity index (χ2n) is 5.24. The number of nitrogens with one attached hydrogen (secondary N) is 1. The van der Waals surface area contributed by atoms with Gasteiger partial charge in [-0.1, -0.05) is 29.8 Å². The molecule has 3 atom stereocenters. The second kappa shape index (κ2) is 6.32. The van der Waals surface area contributed by atoms with E-state index in [1.165, 1.54) is 5.56 Å². The fraction of sp³-hybridized carbons (Fsp3) is 0.600. The van der Waals surface area contributed by atoms with E-state index in [0.717, 1.165) is 25.0 Å². The third-order valence-electron chi connectivity index (χ3n) is 3.55. The average Bonchev–Trinajstić information content (AvgIpc) is 2.37. The predicted molar refractivity (Wildman–Crippen MR) is 72.6 cm³/mol. The maximum absolute atomic E-state index is 10.1. The van der Waals surface area contributed by atoms with Gasteiger partial charge >= 0.3 is 0 Å². The standard InChI is InChI=1S/C15H23NO2/c1-11-3-5-13(6-4-11)15(17)10-16-14-7-8-18-12(2)9-14/h3-6,12,14-17H,7-10H2,1-2H3/t12-,14-,15+/m0/s1. The van der Waals surface area contributed by atoms with Crippen LogP contribution in [0.2, 0.25) is 0 Å². The minimum atomic E-state index is -0.427. The molecule has 0 aliphatic carbocycles. The summed E-state index contributed by atoms with van der Waals surface area (Å²) >= 11 is 0. The van der Waals surface area contributed by atoms with Crippen LogP contribution in [0.3, 0.4) is 0 Å². The van der Waals surface area contributed by atoms with Crippen molar-refractivity contribution in [3.63, 3.8) is 0 Å². The highest BCUT2D eigenvalue weighted by Gasteiger charge is 2.19. The lowest BCUT2D eigenvalue weighted by molar-refractivity contribution is 0.0109. The molecule has 1 aliphatic rings. The summed E-state index contributed by atoms with van der Waals surface area (Å²) in [6, 6.07) is 8.53. The third kappa shape index (κ3) is 3.80. The molecule has 1 saturated heterocycles. The summed E-state index contributed by atoms with van der Waals surface area (Å²) in [7, 11) is 0. The van der Waals surface area contributed by atoms with Gasteiger partial charge in [0.25, 0.3) is 0 Å². The quantitative estimate of drug-likeness (QED) is 0.859. The van der Waals surface area contributed by atoms with Gasteiger partial charge in [0.2, 0.25) is 0 Å². The number of aliphatic hydroxyl groups is 1. The number of aryl methyl sites for hydroxylation is 1. The van der Waals surface area contributed by atoms with Crippen molar-refractivity contribution in [1.29, 1.82) is 0 Å². The van der Waals surface area contributed by atoms with Crippen molar-refractivity contribution in [2.24, 2.45) is 0 Å². The van der Waals surface area contributed by atoms with Crippen molar-refractivity contribution in [2.75, 3.05) is 13.2 Å². The number of hydrogen-bond donors (Lipinski definition) is 2. The van der Waals surface area contributed by atoms with Gasteiger partial charge in [0.15, 0.2) is 0 Å². The minimum Gasteiger partial charge on any atom is -0.387 e. The fourth-order valence-electron chi connectivity index (χ4n) is 2.37. The first kappa shape index (κ1) is 13.5. The lowest BCUT2D eigenvalue weighted by atomic mass is 10.0. The molecular weight excluding hydrogens is 226 g/mol. The van der Waals surface area contributed by atoms with Crippen LogP contribution in [0, 0.1) is 6.92 Å². The monoisotopic (exact) mass is 249 g/mol. The van der Waals surface area contributed by atoms with Crippen LogP contribution in [-0.4, -0.2) is 30.4 Å². The van der Waals surface area contributed by atoms with E-state index in [9.17, 15) is 5.11 Å². The first-order chi connectivity index (χ1) is 8.65. The lowest BCUT2D eigenvalue weighted by Crippen LogP contribution is -2.39. The van der Waals surface area contributed by atoms with E-state index in [4.69, 9.17) is 4.74 Å². The summed E-state index contributed by atoms with van der Waals surface area (Å²) in [5.74, 6) is 0. The van der Waals surface area contributed by atoms with Gasteiger partial charge in [-0.25, -0.2) is 0 Å². The number of rotatable bonds is 4. The van der Waals surface area contributed by atoms with Crippen molar-refractivity contribution in [3.8, 4) is 0 Å². The second-order valence-corrected chi connectivity index (χ2v) is 5.24. The van der Waals surface area contributed by atoms with Crippen molar-refractivity contribution in [2.45, 2.75) is 44.9 Å². The van der Waals surface area contributed by atoms with Gasteiger partial charge in [0.05, 0.1) is 12.2 Å². The van der Waals surface area contributed by atoms with Gasteiger partial charge in [-0.3, -0.25) is 0 Å². The normalized spacial score (nSPS) is 25.9. The van der Waals surface area contributed by atoms with Crippen LogP contribution in [0.15, 0.2) is 24.3 Å². The molecule has 1 heterocycles. The number of ether oxygens (including phenoxy) is 1. The zero-order valence-corrected chi connectivity index (χ0v) is 11.2. The van der Waals surface area contributed by atoms with Crippen molar-refractivity contribution in [3.05, 3.63) is 35.4 Å². The van der Waals surface area contributed by atoms with Crippen LogP contribution in [0.4, 0.5) is 0 Å². The summed E-state index contributed by atoms with van der Waals surface area (Å²) in [5, 5.41) is 13.5. The molecule has 0 radical (unpaired) electrons. The Bertz CT molecular complexity index is 363. The number of hydrogen-bond acceptors (Lipinski definition) is 3. The molecule has 0 saturated carbocycles. The number of aliphatic hydroxyl groups excluding tert-OH is 1. The Morgan fingerprint density at radius 3 is 2.78 bits per heavy atom. The SMILES string of the molecule is Cc1ccc([C@H](O)CN[C@H]2CCO[C@@H](C)C2)cc1. The zero-order valence-electron chi connectivity index (χ0n) is 11.2. The largest absolute Gasteiger partial charge is 0.387 e. The Balaban J connectivity index is 1.80. The molecule has 1 aromatic rings. The maximum atomic E-state index is 10.1. The molecule has 0 aromatic heterocycles. The smallest absolute Gasteiger partial charge is 0.0914 e. The van der Waals surface area contributed by atoms with Gasteiger partial charge in [-0.05, 0) is 32.3 Å². The molecule has 0 spiro atoms. The summed E-state index contributed by atoms with van der Waals surface area (Å²) in [4.78, 5) is 0. The van der Waals surface area contributed by atoms with E-state index < -0.39 is 6.10 Å². The van der Waals surface area contributed by atoms with E-state index in [0.29, 0.717) is 18.7 Å². The van der Waals surface area contributed by atoms with Crippen LogP contribution in [-0.2, 0) is 4.74 Å². The Hall–Kier alpha value is -0.900. The van der Waals surface area contributed by atoms with E-state index >= 15 is 0 Å². The molecule has 3 heteroatoms. The molecule has 0 unspecified atom stereocenters. The topological polar surface area (TPSA) is 41.5 Å². The Morgan fingerprint density at radius 2 is 2.11 bits per heavy atom. The van der Waals surface area contributed by atoms with Gasteiger partial charge < -0.3 is 15.2 Å². The van der Waals surface area contributed by atoms with Gasteiger partial charge in [0.1, 0.15) is 0 Å². The van der Waals surface area contributed by atoms with Gasteiger partial charge in [-0.2, -0.15) is 0 Å². The van der Waals surface area contributed by atoms with E-state index in [-0.39, 0.29) is 0 Å². The highest BCUT2D eigenvalue weighted by Crippen LogP contribution is 2.16. The molecule has 2 N–H and O–H groups in total. The number of benzene rings is 1. The van der Waals surface area contributed by atoms with Crippen molar-refractivity contribution in [1.82, 2.24) is 5.32 Å². The molecule has 0 amide bonds. The summed E-state index contributed by atoms with van der Waals surface area (Å²) in [6.45, 7) is 5.59. The molecule has 100 valence electrons. The van der Waals surface area contributed by atoms with Crippen LogP contribution in [0.5, 0.6) is 0 Å². The molecule has 1 aromatic carbocycles. The van der Waals surface area contributed by atoms with E-state index in [1.54, 1.807) is 0 Å². The van der Waals surface area contributed by atoms with Crippen LogP contribution in [0.25, 0.3) is 0 Å². The third-order valence-corrected chi connectivity index (χ3v) is 3.55. The molecule has 18 heavy (non-hydrogen) atoms. The van der Waals surface area contributed by atoms with E-state index in [2.05, 4.69) is 19.2 Å². The first-order valence-electron chi connectivity index (χ1n) is 6.75. The lowest BCUT2D eigenvalue weighted by Gasteiger charge is -2.28. The molecule has 3 nitrogen and oxygen atoms in total. The molecule has 1 aliphatic heterocycles. The molecule has 0 bridgehead atoms. The molecule has 2 rings (SSSR count). The first-order valence-corrected chi connectivity index (χ1v) is 6.75. The molecular formula is C15H23NO2. The van der Waals surface area contributed by atoms with E-state index in [1.807, 2.05) is 24.3 Å². The van der Waals surface area contributed by atoms with Gasteiger partial charge in [0, 0.05) is 19.2 Å². The zero-order chi connectivity index (χ0) is 13.0. The maximum Gasteiger partial charge on any atom is 0.0914 e. The van der Waals surface area contributed by atoms with Gasteiger partial charge in [-0.15, -0.1) is 0 Å². The highest BCUT2D eigenvalue weighted by atomic mass is 16.5. The molecule has 1 fully saturated rings. The minimum absolute atomic E-state index is 0.327. The Kier molecular flexibility index (Phi) is 4.75. The van der Waals surface area contributed by atoms with Crippen LogP contribution >= 0.6 is 0 Å². The van der Waals surface area contributed by atoms with Crippen molar-refractivity contribution < 1.29 is 9.84 Å². The summed E-state index contributed by atoms with van der Waals surface area (Å²) in [5.41, 5.74) is 2.20. The Morgan fingerprint density at radius 1 is 1.39 bits per heavy atom. The average molecular weight is 249 g/mol. The summed E-state index contributed by atoms with van der Waals surface area (Å²) in [6.07, 6.45) is 1.96. The predicted octanol–water partition coefficient (Wildman–Crippen LogP) is 2.19. The van der Waals surface area contributed by atoms with Crippen LogP contribution in [0.1, 0.15) is 37.0 Å². The van der Waals surface area contributed by atoms with Crippen LogP contribution < -0.4 is 5.32 Å². The summed E-state index contributed by atoms with van der Waals surface area (Å²) < 4.78 is 5.51. The Labute approximate surface area is 109 Å². The fourth-order valence-corrected chi connectivity index (χ4v) is 2.37. The van der Waals surface area contributed by atoms with Crippen molar-refractivity contribution >= 4 is 0 Å².